The molecule has 2 amide bonds. The molecule has 0 aliphatic carbocycles. The molecule has 0 atom stereocenters. The fraction of sp³-hybridized carbons (Fsp3) is 0.231. The zero-order valence-electron chi connectivity index (χ0n) is 19.7. The van der Waals surface area contributed by atoms with E-state index in [0.29, 0.717) is 47.6 Å². The van der Waals surface area contributed by atoms with E-state index in [0.717, 1.165) is 12.0 Å². The van der Waals surface area contributed by atoms with Crippen molar-refractivity contribution < 1.29 is 18.4 Å². The Hall–Kier alpha value is -4.24. The predicted octanol–water partition coefficient (Wildman–Crippen LogP) is 4.74. The lowest BCUT2D eigenvalue weighted by molar-refractivity contribution is -0.117. The molecule has 2 aromatic carbocycles. The Bertz CT molecular complexity index is 1280. The number of carbonyl (C=O) groups excluding carboxylic acids is 2. The van der Waals surface area contributed by atoms with Crippen molar-refractivity contribution in [1.29, 1.82) is 0 Å². The molecule has 0 spiro atoms. The van der Waals surface area contributed by atoms with Gasteiger partial charge in [-0.3, -0.25) is 14.5 Å². The SMILES string of the molecule is CCCN(CC(=O)Nc1ccccc1C(=O)Nc1cccc(C)c1)Cc1nnc(-c2ccco2)o1. The second-order valence-corrected chi connectivity index (χ2v) is 8.11. The van der Waals surface area contributed by atoms with E-state index < -0.39 is 0 Å². The van der Waals surface area contributed by atoms with Crippen LogP contribution in [0.5, 0.6) is 0 Å². The first-order chi connectivity index (χ1) is 17.0. The van der Waals surface area contributed by atoms with Crippen molar-refractivity contribution in [3.63, 3.8) is 0 Å². The molecule has 0 saturated heterocycles. The molecule has 9 nitrogen and oxygen atoms in total. The second-order valence-electron chi connectivity index (χ2n) is 8.11. The van der Waals surface area contributed by atoms with Crippen molar-refractivity contribution >= 4 is 23.2 Å². The van der Waals surface area contributed by atoms with Crippen LogP contribution < -0.4 is 10.6 Å². The number of benzene rings is 2. The van der Waals surface area contributed by atoms with Crippen LogP contribution in [0.3, 0.4) is 0 Å². The minimum Gasteiger partial charge on any atom is -0.459 e. The first-order valence-electron chi connectivity index (χ1n) is 11.4. The number of anilines is 2. The van der Waals surface area contributed by atoms with E-state index >= 15 is 0 Å². The Morgan fingerprint density at radius 2 is 1.86 bits per heavy atom. The number of carbonyl (C=O) groups is 2. The lowest BCUT2D eigenvalue weighted by Gasteiger charge is -2.19. The predicted molar refractivity (Wildman–Crippen MR) is 132 cm³/mol. The summed E-state index contributed by atoms with van der Waals surface area (Å²) in [5.41, 5.74) is 2.55. The number of rotatable bonds is 10. The summed E-state index contributed by atoms with van der Waals surface area (Å²) in [5.74, 6) is 0.618. The third kappa shape index (κ3) is 6.42. The molecular formula is C26H27N5O4. The summed E-state index contributed by atoms with van der Waals surface area (Å²) in [6.07, 6.45) is 2.37. The van der Waals surface area contributed by atoms with Crippen molar-refractivity contribution in [2.24, 2.45) is 0 Å². The van der Waals surface area contributed by atoms with Crippen molar-refractivity contribution in [1.82, 2.24) is 15.1 Å². The maximum Gasteiger partial charge on any atom is 0.283 e. The molecule has 2 N–H and O–H groups in total. The lowest BCUT2D eigenvalue weighted by Crippen LogP contribution is -2.34. The minimum atomic E-state index is -0.298. The van der Waals surface area contributed by atoms with Gasteiger partial charge in [-0.15, -0.1) is 10.2 Å². The molecule has 4 rings (SSSR count). The Morgan fingerprint density at radius 3 is 2.63 bits per heavy atom. The highest BCUT2D eigenvalue weighted by atomic mass is 16.4. The summed E-state index contributed by atoms with van der Waals surface area (Å²) < 4.78 is 11.0. The van der Waals surface area contributed by atoms with E-state index in [4.69, 9.17) is 8.83 Å². The molecule has 0 unspecified atom stereocenters. The van der Waals surface area contributed by atoms with Crippen LogP contribution in [-0.2, 0) is 11.3 Å². The number of nitrogens with one attached hydrogen (secondary N) is 2. The number of hydrogen-bond acceptors (Lipinski definition) is 7. The number of aromatic nitrogens is 2. The quantitative estimate of drug-likeness (QED) is 0.342. The van der Waals surface area contributed by atoms with Gasteiger partial charge in [0.1, 0.15) is 0 Å². The number of amides is 2. The Labute approximate surface area is 203 Å². The monoisotopic (exact) mass is 473 g/mol. The van der Waals surface area contributed by atoms with Crippen LogP contribution in [0.1, 0.15) is 35.2 Å². The number of nitrogens with zero attached hydrogens (tertiary/aromatic N) is 3. The fourth-order valence-corrected chi connectivity index (χ4v) is 3.64. The summed E-state index contributed by atoms with van der Waals surface area (Å²) in [6.45, 7) is 5.04. The molecule has 0 radical (unpaired) electrons. The first-order valence-corrected chi connectivity index (χ1v) is 11.4. The minimum absolute atomic E-state index is 0.0974. The van der Waals surface area contributed by atoms with Crippen LogP contribution in [0.25, 0.3) is 11.7 Å². The molecule has 0 bridgehead atoms. The largest absolute Gasteiger partial charge is 0.459 e. The summed E-state index contributed by atoms with van der Waals surface area (Å²) in [7, 11) is 0. The summed E-state index contributed by atoms with van der Waals surface area (Å²) in [5, 5.41) is 13.8. The molecular weight excluding hydrogens is 446 g/mol. The van der Waals surface area contributed by atoms with Crippen molar-refractivity contribution in [2.75, 3.05) is 23.7 Å². The van der Waals surface area contributed by atoms with Crippen LogP contribution in [0.15, 0.2) is 75.8 Å². The average molecular weight is 474 g/mol. The van der Waals surface area contributed by atoms with Gasteiger partial charge < -0.3 is 19.5 Å². The van der Waals surface area contributed by atoms with Gasteiger partial charge in [-0.1, -0.05) is 31.2 Å². The fourth-order valence-electron chi connectivity index (χ4n) is 3.64. The van der Waals surface area contributed by atoms with E-state index in [1.807, 2.05) is 43.0 Å². The average Bonchev–Trinajstić information content (AvgIpc) is 3.52. The molecule has 180 valence electrons. The van der Waals surface area contributed by atoms with E-state index in [1.54, 1.807) is 36.4 Å². The zero-order valence-corrected chi connectivity index (χ0v) is 19.7. The van der Waals surface area contributed by atoms with E-state index in [2.05, 4.69) is 20.8 Å². The highest BCUT2D eigenvalue weighted by molar-refractivity contribution is 6.10. The summed E-state index contributed by atoms with van der Waals surface area (Å²) in [6, 6.07) is 17.9. The molecule has 0 aliphatic rings. The highest BCUT2D eigenvalue weighted by Gasteiger charge is 2.18. The number of furan rings is 1. The normalized spacial score (nSPS) is 10.9. The molecule has 2 aromatic heterocycles. The smallest absolute Gasteiger partial charge is 0.283 e. The molecule has 4 aromatic rings. The van der Waals surface area contributed by atoms with E-state index in [1.165, 1.54) is 6.26 Å². The molecule has 0 saturated carbocycles. The van der Waals surface area contributed by atoms with Gasteiger partial charge in [0.15, 0.2) is 5.76 Å². The topological polar surface area (TPSA) is 114 Å². The third-order valence-electron chi connectivity index (χ3n) is 5.19. The van der Waals surface area contributed by atoms with Crippen molar-refractivity contribution in [2.45, 2.75) is 26.8 Å². The van der Waals surface area contributed by atoms with Crippen LogP contribution in [0, 0.1) is 6.92 Å². The maximum atomic E-state index is 12.9. The number of aryl methyl sites for hydroxylation is 1. The van der Waals surface area contributed by atoms with Gasteiger partial charge in [-0.05, 0) is 61.9 Å². The van der Waals surface area contributed by atoms with E-state index in [9.17, 15) is 9.59 Å². The number of hydrogen-bond donors (Lipinski definition) is 2. The Morgan fingerprint density at radius 1 is 1.00 bits per heavy atom. The molecule has 0 fully saturated rings. The van der Waals surface area contributed by atoms with Crippen molar-refractivity contribution in [3.8, 4) is 11.7 Å². The maximum absolute atomic E-state index is 12.9. The summed E-state index contributed by atoms with van der Waals surface area (Å²) in [4.78, 5) is 27.7. The summed E-state index contributed by atoms with van der Waals surface area (Å²) >= 11 is 0. The Balaban J connectivity index is 1.40. The van der Waals surface area contributed by atoms with Crippen molar-refractivity contribution in [3.05, 3.63) is 83.9 Å². The van der Waals surface area contributed by atoms with Gasteiger partial charge in [0.2, 0.25) is 11.8 Å². The first kappa shape index (κ1) is 23.9. The standard InChI is InChI=1S/C26H27N5O4/c1-3-13-31(17-24-29-30-26(35-24)22-12-7-14-34-22)16-23(32)28-21-11-5-4-10-20(21)25(33)27-19-9-6-8-18(2)15-19/h4-12,14-15H,3,13,16-17H2,1-2H3,(H,27,33)(H,28,32). The van der Waals surface area contributed by atoms with Crippen LogP contribution in [0.2, 0.25) is 0 Å². The van der Waals surface area contributed by atoms with Gasteiger partial charge in [-0.2, -0.15) is 0 Å². The van der Waals surface area contributed by atoms with Crippen LogP contribution in [-0.4, -0.2) is 40.0 Å². The van der Waals surface area contributed by atoms with Gasteiger partial charge >= 0.3 is 0 Å². The van der Waals surface area contributed by atoms with Crippen LogP contribution in [0.4, 0.5) is 11.4 Å². The van der Waals surface area contributed by atoms with Crippen LogP contribution >= 0.6 is 0 Å². The van der Waals surface area contributed by atoms with Gasteiger partial charge in [-0.25, -0.2) is 0 Å². The molecule has 35 heavy (non-hydrogen) atoms. The third-order valence-corrected chi connectivity index (χ3v) is 5.19. The lowest BCUT2D eigenvalue weighted by atomic mass is 10.1. The molecule has 9 heteroatoms. The Kier molecular flexibility index (Phi) is 7.69. The molecule has 0 aliphatic heterocycles. The molecule has 2 heterocycles. The second kappa shape index (κ2) is 11.3. The van der Waals surface area contributed by atoms with Gasteiger partial charge in [0, 0.05) is 5.69 Å². The van der Waals surface area contributed by atoms with Gasteiger partial charge in [0.25, 0.3) is 11.8 Å². The zero-order chi connectivity index (χ0) is 24.6. The highest BCUT2D eigenvalue weighted by Crippen LogP contribution is 2.20. The van der Waals surface area contributed by atoms with E-state index in [-0.39, 0.29) is 18.4 Å². The number of para-hydroxylation sites is 1. The van der Waals surface area contributed by atoms with Gasteiger partial charge in [0.05, 0.1) is 30.6 Å².